The van der Waals surface area contributed by atoms with Gasteiger partial charge in [-0.05, 0) is 49.4 Å². The van der Waals surface area contributed by atoms with E-state index in [4.69, 9.17) is 4.74 Å². The highest BCUT2D eigenvalue weighted by molar-refractivity contribution is 7.10. The van der Waals surface area contributed by atoms with Gasteiger partial charge in [0, 0.05) is 22.4 Å². The van der Waals surface area contributed by atoms with Crippen molar-refractivity contribution in [1.82, 2.24) is 5.32 Å². The Hall–Kier alpha value is -1.32. The highest BCUT2D eigenvalue weighted by Crippen LogP contribution is 2.45. The molecule has 0 aliphatic carbocycles. The Bertz CT molecular complexity index is 559. The molecule has 0 bridgehead atoms. The molecule has 1 N–H and O–H groups in total. The maximum absolute atomic E-state index is 5.23. The molecule has 1 fully saturated rings. The normalized spacial score (nSPS) is 24.8. The molecule has 0 spiro atoms. The molecule has 20 heavy (non-hydrogen) atoms. The van der Waals surface area contributed by atoms with E-state index in [1.165, 1.54) is 10.4 Å². The van der Waals surface area contributed by atoms with Gasteiger partial charge in [0.2, 0.25) is 0 Å². The summed E-state index contributed by atoms with van der Waals surface area (Å²) in [7, 11) is 1.71. The molecule has 1 aliphatic heterocycles. The summed E-state index contributed by atoms with van der Waals surface area (Å²) < 4.78 is 5.23. The summed E-state index contributed by atoms with van der Waals surface area (Å²) in [6, 6.07) is 13.3. The van der Waals surface area contributed by atoms with E-state index in [1.54, 1.807) is 7.11 Å². The average Bonchev–Trinajstić information content (AvgIpc) is 3.06. The molecular weight excluding hydrogens is 266 g/mol. The Labute approximate surface area is 124 Å². The minimum atomic E-state index is 0.134. The van der Waals surface area contributed by atoms with Gasteiger partial charge < -0.3 is 10.1 Å². The fourth-order valence-corrected chi connectivity index (χ4v) is 4.18. The first-order valence-electron chi connectivity index (χ1n) is 7.05. The monoisotopic (exact) mass is 287 g/mol. The van der Waals surface area contributed by atoms with Crippen molar-refractivity contribution in [2.24, 2.45) is 0 Å². The third-order valence-electron chi connectivity index (χ3n) is 4.29. The number of ether oxygens (including phenoxy) is 1. The predicted molar refractivity (Wildman–Crippen MR) is 84.6 cm³/mol. The van der Waals surface area contributed by atoms with Gasteiger partial charge in [-0.2, -0.15) is 0 Å². The van der Waals surface area contributed by atoms with Gasteiger partial charge in [0.1, 0.15) is 5.75 Å². The Balaban J connectivity index is 1.83. The first kappa shape index (κ1) is 13.7. The van der Waals surface area contributed by atoms with E-state index < -0.39 is 0 Å². The SMILES string of the molecule is COc1ccc([C@@H]2C[C@H](c3cccs3)C(C)(C)N2)cc1. The van der Waals surface area contributed by atoms with Crippen LogP contribution in [-0.2, 0) is 0 Å². The van der Waals surface area contributed by atoms with E-state index in [0.29, 0.717) is 12.0 Å². The minimum absolute atomic E-state index is 0.134. The molecule has 2 heterocycles. The van der Waals surface area contributed by atoms with Gasteiger partial charge in [0.05, 0.1) is 7.11 Å². The van der Waals surface area contributed by atoms with Crippen LogP contribution in [-0.4, -0.2) is 12.6 Å². The van der Waals surface area contributed by atoms with Crippen molar-refractivity contribution in [2.75, 3.05) is 7.11 Å². The van der Waals surface area contributed by atoms with Crippen LogP contribution in [0.5, 0.6) is 5.75 Å². The Morgan fingerprint density at radius 1 is 1.20 bits per heavy atom. The van der Waals surface area contributed by atoms with Crippen molar-refractivity contribution in [1.29, 1.82) is 0 Å². The van der Waals surface area contributed by atoms with Crippen LogP contribution in [0.25, 0.3) is 0 Å². The van der Waals surface area contributed by atoms with Crippen LogP contribution in [0.15, 0.2) is 41.8 Å². The molecular formula is C17H21NOS. The van der Waals surface area contributed by atoms with Crippen LogP contribution in [0.1, 0.15) is 42.7 Å². The molecule has 1 aromatic heterocycles. The lowest BCUT2D eigenvalue weighted by atomic mass is 9.87. The topological polar surface area (TPSA) is 21.3 Å². The summed E-state index contributed by atoms with van der Waals surface area (Å²) in [5.74, 6) is 1.50. The number of methoxy groups -OCH3 is 1. The highest BCUT2D eigenvalue weighted by Gasteiger charge is 2.41. The maximum atomic E-state index is 5.23. The summed E-state index contributed by atoms with van der Waals surface area (Å²) in [6.07, 6.45) is 1.15. The zero-order valence-electron chi connectivity index (χ0n) is 12.2. The summed E-state index contributed by atoms with van der Waals surface area (Å²) >= 11 is 1.87. The van der Waals surface area contributed by atoms with Crippen molar-refractivity contribution in [2.45, 2.75) is 37.8 Å². The molecule has 3 rings (SSSR count). The third kappa shape index (κ3) is 2.48. The Morgan fingerprint density at radius 3 is 2.55 bits per heavy atom. The smallest absolute Gasteiger partial charge is 0.118 e. The van der Waals surface area contributed by atoms with Gasteiger partial charge in [-0.25, -0.2) is 0 Å². The summed E-state index contributed by atoms with van der Waals surface area (Å²) in [6.45, 7) is 4.61. The second kappa shape index (κ2) is 5.23. The van der Waals surface area contributed by atoms with Gasteiger partial charge in [-0.1, -0.05) is 18.2 Å². The molecule has 0 radical (unpaired) electrons. The van der Waals surface area contributed by atoms with Gasteiger partial charge in [0.25, 0.3) is 0 Å². The van der Waals surface area contributed by atoms with Crippen molar-refractivity contribution >= 4 is 11.3 Å². The summed E-state index contributed by atoms with van der Waals surface area (Å²) in [5, 5.41) is 5.96. The summed E-state index contributed by atoms with van der Waals surface area (Å²) in [5.41, 5.74) is 1.48. The number of hydrogen-bond donors (Lipinski definition) is 1. The van der Waals surface area contributed by atoms with Crippen LogP contribution in [0.3, 0.4) is 0 Å². The van der Waals surface area contributed by atoms with Crippen LogP contribution in [0, 0.1) is 0 Å². The molecule has 106 valence electrons. The Morgan fingerprint density at radius 2 is 1.95 bits per heavy atom. The molecule has 2 nitrogen and oxygen atoms in total. The van der Waals surface area contributed by atoms with Crippen molar-refractivity contribution < 1.29 is 4.74 Å². The van der Waals surface area contributed by atoms with Crippen LogP contribution in [0.2, 0.25) is 0 Å². The lowest BCUT2D eigenvalue weighted by molar-refractivity contribution is 0.400. The zero-order valence-corrected chi connectivity index (χ0v) is 13.0. The molecule has 0 unspecified atom stereocenters. The van der Waals surface area contributed by atoms with E-state index >= 15 is 0 Å². The van der Waals surface area contributed by atoms with E-state index in [1.807, 2.05) is 23.5 Å². The van der Waals surface area contributed by atoms with Crippen molar-refractivity contribution in [3.8, 4) is 5.75 Å². The van der Waals surface area contributed by atoms with Gasteiger partial charge in [0.15, 0.2) is 0 Å². The summed E-state index contributed by atoms with van der Waals surface area (Å²) in [4.78, 5) is 1.48. The second-order valence-electron chi connectivity index (χ2n) is 6.00. The number of nitrogens with one attached hydrogen (secondary N) is 1. The van der Waals surface area contributed by atoms with E-state index in [9.17, 15) is 0 Å². The molecule has 0 saturated carbocycles. The van der Waals surface area contributed by atoms with E-state index in [0.717, 1.165) is 12.2 Å². The third-order valence-corrected chi connectivity index (χ3v) is 5.28. The average molecular weight is 287 g/mol. The zero-order chi connectivity index (χ0) is 14.2. The molecule has 2 aromatic rings. The molecule has 0 amide bonds. The fourth-order valence-electron chi connectivity index (χ4n) is 3.16. The largest absolute Gasteiger partial charge is 0.497 e. The van der Waals surface area contributed by atoms with Crippen LogP contribution >= 0.6 is 11.3 Å². The number of benzene rings is 1. The van der Waals surface area contributed by atoms with Gasteiger partial charge >= 0.3 is 0 Å². The molecule has 1 aliphatic rings. The standard InChI is InChI=1S/C17H21NOS/c1-17(2)14(16-5-4-10-20-16)11-15(18-17)12-6-8-13(19-3)9-7-12/h4-10,14-15,18H,11H2,1-3H3/t14-,15+/m1/s1. The number of hydrogen-bond acceptors (Lipinski definition) is 3. The second-order valence-corrected chi connectivity index (χ2v) is 6.97. The quantitative estimate of drug-likeness (QED) is 0.906. The van der Waals surface area contributed by atoms with Gasteiger partial charge in [-0.3, -0.25) is 0 Å². The highest BCUT2D eigenvalue weighted by atomic mass is 32.1. The lowest BCUT2D eigenvalue weighted by Crippen LogP contribution is -2.37. The molecule has 2 atom stereocenters. The fraction of sp³-hybridized carbons (Fsp3) is 0.412. The van der Waals surface area contributed by atoms with E-state index in [-0.39, 0.29) is 5.54 Å². The first-order chi connectivity index (χ1) is 9.60. The lowest BCUT2D eigenvalue weighted by Gasteiger charge is -2.26. The van der Waals surface area contributed by atoms with Crippen molar-refractivity contribution in [3.63, 3.8) is 0 Å². The first-order valence-corrected chi connectivity index (χ1v) is 7.93. The van der Waals surface area contributed by atoms with Crippen LogP contribution in [0.4, 0.5) is 0 Å². The number of rotatable bonds is 3. The van der Waals surface area contributed by atoms with E-state index in [2.05, 4.69) is 48.8 Å². The molecule has 1 saturated heterocycles. The maximum Gasteiger partial charge on any atom is 0.118 e. The number of thiophene rings is 1. The van der Waals surface area contributed by atoms with Crippen molar-refractivity contribution in [3.05, 3.63) is 52.2 Å². The van der Waals surface area contributed by atoms with Crippen LogP contribution < -0.4 is 10.1 Å². The molecule has 3 heteroatoms. The Kier molecular flexibility index (Phi) is 3.57. The van der Waals surface area contributed by atoms with Gasteiger partial charge in [-0.15, -0.1) is 11.3 Å². The predicted octanol–water partition coefficient (Wildman–Crippen LogP) is 4.35. The molecule has 1 aromatic carbocycles. The minimum Gasteiger partial charge on any atom is -0.497 e.